The first kappa shape index (κ1) is 24.6. The number of piperazine rings is 1. The number of anilines is 4. The molecule has 4 heterocycles. The van der Waals surface area contributed by atoms with Crippen molar-refractivity contribution in [1.29, 1.82) is 0 Å². The van der Waals surface area contributed by atoms with E-state index in [1.807, 2.05) is 12.3 Å². The second kappa shape index (κ2) is 11.8. The number of nitrogens with zero attached hydrogens (tertiary/aromatic N) is 6. The van der Waals surface area contributed by atoms with E-state index in [1.54, 1.807) is 25.1 Å². The lowest BCUT2D eigenvalue weighted by molar-refractivity contribution is 0.122. The van der Waals surface area contributed by atoms with Crippen molar-refractivity contribution in [3.8, 4) is 5.88 Å². The Morgan fingerprint density at radius 1 is 0.972 bits per heavy atom. The van der Waals surface area contributed by atoms with Crippen LogP contribution in [0.1, 0.15) is 5.56 Å². The zero-order valence-corrected chi connectivity index (χ0v) is 21.7. The molecule has 0 saturated carbocycles. The topological polar surface area (TPSA) is 78.9 Å². The average molecular weight is 508 g/mol. The van der Waals surface area contributed by atoms with Crippen LogP contribution >= 0.6 is 11.8 Å². The van der Waals surface area contributed by atoms with Gasteiger partial charge in [-0.05, 0) is 36.6 Å². The standard InChI is InChI=1S/C26H33N7O2S/c1-34-25-20(4-3-9-27-25)19-31-10-12-33(13-11-31)24-18-23(29-26(30-24)36-2)28-21-5-7-22(8-6-21)32-14-16-35-17-15-32/h3-9,18H,10-17,19H2,1-2H3,(H,28,29,30). The number of rotatable bonds is 8. The van der Waals surface area contributed by atoms with Crippen LogP contribution in [0.4, 0.5) is 23.0 Å². The van der Waals surface area contributed by atoms with Gasteiger partial charge in [0.05, 0.1) is 20.3 Å². The summed E-state index contributed by atoms with van der Waals surface area (Å²) in [6.45, 7) is 7.97. The van der Waals surface area contributed by atoms with Crippen molar-refractivity contribution >= 4 is 34.8 Å². The van der Waals surface area contributed by atoms with Crippen LogP contribution in [0.3, 0.4) is 0 Å². The van der Waals surface area contributed by atoms with Gasteiger partial charge in [0, 0.05) is 75.0 Å². The summed E-state index contributed by atoms with van der Waals surface area (Å²) < 4.78 is 10.9. The smallest absolute Gasteiger partial charge is 0.217 e. The minimum atomic E-state index is 0.703. The number of thioether (sulfide) groups is 1. The SMILES string of the molecule is COc1ncccc1CN1CCN(c2cc(Nc3ccc(N4CCOCC4)cc3)nc(SC)n2)CC1. The number of aromatic nitrogens is 3. The fraction of sp³-hybridized carbons (Fsp3) is 0.423. The van der Waals surface area contributed by atoms with Crippen molar-refractivity contribution in [2.24, 2.45) is 0 Å². The van der Waals surface area contributed by atoms with Crippen molar-refractivity contribution in [3.05, 3.63) is 54.2 Å². The Balaban J connectivity index is 1.23. The molecule has 2 aliphatic heterocycles. The quantitative estimate of drug-likeness (QED) is 0.361. The van der Waals surface area contributed by atoms with Crippen LogP contribution in [0.5, 0.6) is 5.88 Å². The molecule has 1 aromatic carbocycles. The van der Waals surface area contributed by atoms with E-state index in [-0.39, 0.29) is 0 Å². The van der Waals surface area contributed by atoms with Crippen molar-refractivity contribution in [2.45, 2.75) is 11.7 Å². The largest absolute Gasteiger partial charge is 0.481 e. The summed E-state index contributed by atoms with van der Waals surface area (Å²) in [7, 11) is 1.67. The van der Waals surface area contributed by atoms with Gasteiger partial charge in [-0.3, -0.25) is 4.90 Å². The third-order valence-electron chi connectivity index (χ3n) is 6.52. The van der Waals surface area contributed by atoms with E-state index in [2.05, 4.69) is 61.4 Å². The molecular formula is C26H33N7O2S. The van der Waals surface area contributed by atoms with Gasteiger partial charge in [-0.2, -0.15) is 0 Å². The Labute approximate surface area is 216 Å². The average Bonchev–Trinajstić information content (AvgIpc) is 2.94. The number of hydrogen-bond acceptors (Lipinski definition) is 10. The van der Waals surface area contributed by atoms with Crippen LogP contribution in [0.15, 0.2) is 53.8 Å². The van der Waals surface area contributed by atoms with Crippen LogP contribution in [0.25, 0.3) is 0 Å². The molecule has 2 aromatic heterocycles. The Morgan fingerprint density at radius 3 is 2.47 bits per heavy atom. The second-order valence-electron chi connectivity index (χ2n) is 8.80. The first-order valence-electron chi connectivity index (χ1n) is 12.3. The van der Waals surface area contributed by atoms with Crippen LogP contribution in [0, 0.1) is 0 Å². The van der Waals surface area contributed by atoms with E-state index in [9.17, 15) is 0 Å². The third kappa shape index (κ3) is 6.00. The highest BCUT2D eigenvalue weighted by Gasteiger charge is 2.21. The van der Waals surface area contributed by atoms with Crippen molar-refractivity contribution < 1.29 is 9.47 Å². The molecule has 36 heavy (non-hydrogen) atoms. The summed E-state index contributed by atoms with van der Waals surface area (Å²) in [4.78, 5) is 20.9. The molecule has 9 nitrogen and oxygen atoms in total. The predicted molar refractivity (Wildman–Crippen MR) is 145 cm³/mol. The van der Waals surface area contributed by atoms with E-state index >= 15 is 0 Å². The second-order valence-corrected chi connectivity index (χ2v) is 9.58. The molecule has 190 valence electrons. The molecule has 2 fully saturated rings. The molecule has 2 aliphatic rings. The predicted octanol–water partition coefficient (Wildman–Crippen LogP) is 3.50. The highest BCUT2D eigenvalue weighted by atomic mass is 32.2. The zero-order chi connectivity index (χ0) is 24.7. The van der Waals surface area contributed by atoms with Gasteiger partial charge < -0.3 is 24.6 Å². The van der Waals surface area contributed by atoms with Crippen LogP contribution in [-0.2, 0) is 11.3 Å². The van der Waals surface area contributed by atoms with E-state index in [1.165, 1.54) is 5.69 Å². The van der Waals surface area contributed by atoms with Crippen LogP contribution < -0.4 is 19.9 Å². The normalized spacial score (nSPS) is 16.7. The lowest BCUT2D eigenvalue weighted by atomic mass is 10.2. The maximum atomic E-state index is 5.46. The molecule has 1 N–H and O–H groups in total. The van der Waals surface area contributed by atoms with Crippen molar-refractivity contribution in [3.63, 3.8) is 0 Å². The highest BCUT2D eigenvalue weighted by Crippen LogP contribution is 2.26. The molecule has 10 heteroatoms. The monoisotopic (exact) mass is 507 g/mol. The number of methoxy groups -OCH3 is 1. The first-order chi connectivity index (χ1) is 17.7. The van der Waals surface area contributed by atoms with Crippen LogP contribution in [-0.4, -0.2) is 85.7 Å². The van der Waals surface area contributed by atoms with Crippen LogP contribution in [0.2, 0.25) is 0 Å². The van der Waals surface area contributed by atoms with Gasteiger partial charge in [-0.15, -0.1) is 0 Å². The lowest BCUT2D eigenvalue weighted by Gasteiger charge is -2.35. The Kier molecular flexibility index (Phi) is 8.04. The Hall–Kier alpha value is -3.08. The molecule has 0 aliphatic carbocycles. The fourth-order valence-electron chi connectivity index (χ4n) is 4.56. The zero-order valence-electron chi connectivity index (χ0n) is 20.9. The third-order valence-corrected chi connectivity index (χ3v) is 7.07. The number of morpholine rings is 1. The van der Waals surface area contributed by atoms with Crippen molar-refractivity contribution in [1.82, 2.24) is 19.9 Å². The maximum Gasteiger partial charge on any atom is 0.217 e. The molecule has 0 bridgehead atoms. The maximum absolute atomic E-state index is 5.46. The molecular weight excluding hydrogens is 474 g/mol. The van der Waals surface area contributed by atoms with Gasteiger partial charge in [0.1, 0.15) is 11.6 Å². The van der Waals surface area contributed by atoms with Gasteiger partial charge in [-0.25, -0.2) is 15.0 Å². The van der Waals surface area contributed by atoms with Crippen molar-refractivity contribution in [2.75, 3.05) is 81.0 Å². The summed E-state index contributed by atoms with van der Waals surface area (Å²) in [5, 5.41) is 4.24. The molecule has 0 radical (unpaired) electrons. The van der Waals surface area contributed by atoms with E-state index in [0.717, 1.165) is 87.1 Å². The van der Waals surface area contributed by atoms with E-state index in [4.69, 9.17) is 19.4 Å². The summed E-state index contributed by atoms with van der Waals surface area (Å²) >= 11 is 1.56. The summed E-state index contributed by atoms with van der Waals surface area (Å²) in [6, 6.07) is 14.6. The highest BCUT2D eigenvalue weighted by molar-refractivity contribution is 7.98. The number of hydrogen-bond donors (Lipinski definition) is 1. The van der Waals surface area contributed by atoms with E-state index < -0.39 is 0 Å². The Morgan fingerprint density at radius 2 is 1.75 bits per heavy atom. The van der Waals surface area contributed by atoms with Gasteiger partial charge in [0.25, 0.3) is 0 Å². The van der Waals surface area contributed by atoms with Gasteiger partial charge in [-0.1, -0.05) is 17.8 Å². The number of ether oxygens (including phenoxy) is 2. The number of nitrogens with one attached hydrogen (secondary N) is 1. The molecule has 5 rings (SSSR count). The fourth-order valence-corrected chi connectivity index (χ4v) is 4.93. The molecule has 3 aromatic rings. The van der Waals surface area contributed by atoms with E-state index in [0.29, 0.717) is 5.88 Å². The van der Waals surface area contributed by atoms with Gasteiger partial charge in [0.15, 0.2) is 5.16 Å². The molecule has 0 atom stereocenters. The van der Waals surface area contributed by atoms with Gasteiger partial charge >= 0.3 is 0 Å². The first-order valence-corrected chi connectivity index (χ1v) is 13.5. The van der Waals surface area contributed by atoms with Gasteiger partial charge in [0.2, 0.25) is 5.88 Å². The minimum Gasteiger partial charge on any atom is -0.481 e. The number of pyridine rings is 1. The summed E-state index contributed by atoms with van der Waals surface area (Å²) in [5.41, 5.74) is 3.35. The number of benzene rings is 1. The molecule has 0 unspecified atom stereocenters. The summed E-state index contributed by atoms with van der Waals surface area (Å²) in [6.07, 6.45) is 3.78. The Bertz CT molecular complexity index is 1130. The lowest BCUT2D eigenvalue weighted by Crippen LogP contribution is -2.46. The molecule has 0 spiro atoms. The summed E-state index contributed by atoms with van der Waals surface area (Å²) in [5.74, 6) is 2.47. The molecule has 2 saturated heterocycles. The minimum absolute atomic E-state index is 0.703. The molecule has 0 amide bonds.